The zero-order chi connectivity index (χ0) is 42.1. The van der Waals surface area contributed by atoms with Crippen LogP contribution in [0.3, 0.4) is 0 Å². The summed E-state index contributed by atoms with van der Waals surface area (Å²) in [5.74, 6) is 0. The highest BCUT2D eigenvalue weighted by atomic mass is 16.3. The molecule has 1 aromatic heterocycles. The highest BCUT2D eigenvalue weighted by Crippen LogP contribution is 2.63. The molecule has 2 aliphatic carbocycles. The average Bonchev–Trinajstić information content (AvgIpc) is 3.99. The first-order chi connectivity index (χ1) is 31.7. The Morgan fingerprint density at radius 2 is 0.750 bits per heavy atom. The molecule has 0 unspecified atom stereocenters. The molecule has 0 aliphatic heterocycles. The molecule has 0 amide bonds. The molecule has 12 aromatic rings. The molecule has 2 heteroatoms. The summed E-state index contributed by atoms with van der Waals surface area (Å²) in [6.07, 6.45) is 0. The van der Waals surface area contributed by atoms with Crippen LogP contribution in [-0.2, 0) is 5.41 Å². The molecule has 0 saturated carbocycles. The van der Waals surface area contributed by atoms with Crippen molar-refractivity contribution in [1.82, 2.24) is 0 Å². The van der Waals surface area contributed by atoms with Crippen LogP contribution in [0.4, 0.5) is 17.1 Å². The first kappa shape index (κ1) is 35.4. The number of anilines is 3. The standard InChI is InChI=1S/C62H39NO/c1-38-35-39(29-32-42(38)53-23-14-24-54-52-22-9-13-28-60(52)64-61(53)54)63(40-30-33-47-45-17-3-2-15-43(45)44-16-4-5-18-46(44)55(47)36-40)41-31-34-51-50-21-8-12-27-58(50)62(59(51)37-41)56-25-10-6-19-48(56)49-20-7-11-26-57(49)62/h2-37H,1H3. The van der Waals surface area contributed by atoms with Gasteiger partial charge in [-0.05, 0) is 137 Å². The summed E-state index contributed by atoms with van der Waals surface area (Å²) in [7, 11) is 0. The van der Waals surface area contributed by atoms with Crippen LogP contribution in [0.2, 0.25) is 0 Å². The third kappa shape index (κ3) is 4.69. The van der Waals surface area contributed by atoms with E-state index in [0.29, 0.717) is 0 Å². The van der Waals surface area contributed by atoms with Gasteiger partial charge >= 0.3 is 0 Å². The van der Waals surface area contributed by atoms with Crippen molar-refractivity contribution in [2.45, 2.75) is 12.3 Å². The lowest BCUT2D eigenvalue weighted by Crippen LogP contribution is -2.26. The second kappa shape index (κ2) is 13.2. The normalized spacial score (nSPS) is 13.2. The van der Waals surface area contributed by atoms with Gasteiger partial charge in [-0.25, -0.2) is 0 Å². The summed E-state index contributed by atoms with van der Waals surface area (Å²) in [5, 5.41) is 9.84. The third-order valence-corrected chi connectivity index (χ3v) is 14.4. The van der Waals surface area contributed by atoms with E-state index in [2.05, 4.69) is 224 Å². The molecule has 0 N–H and O–H groups in total. The Labute approximate surface area is 370 Å². The van der Waals surface area contributed by atoms with Gasteiger partial charge in [-0.1, -0.05) is 176 Å². The number of fused-ring (bicyclic) bond motifs is 19. The molecule has 0 atom stereocenters. The van der Waals surface area contributed by atoms with E-state index in [-0.39, 0.29) is 0 Å². The number of nitrogens with zero attached hydrogens (tertiary/aromatic N) is 1. The van der Waals surface area contributed by atoms with Crippen LogP contribution < -0.4 is 4.90 Å². The zero-order valence-electron chi connectivity index (χ0n) is 35.1. The summed E-state index contributed by atoms with van der Waals surface area (Å²) in [6, 6.07) is 80.9. The topological polar surface area (TPSA) is 16.4 Å². The van der Waals surface area contributed by atoms with Gasteiger partial charge in [0.1, 0.15) is 11.2 Å². The number of para-hydroxylation sites is 2. The van der Waals surface area contributed by atoms with Crippen molar-refractivity contribution >= 4 is 71.3 Å². The van der Waals surface area contributed by atoms with Gasteiger partial charge in [0, 0.05) is 33.4 Å². The largest absolute Gasteiger partial charge is 0.455 e. The Balaban J connectivity index is 1.03. The maximum absolute atomic E-state index is 6.57. The van der Waals surface area contributed by atoms with Gasteiger partial charge in [-0.15, -0.1) is 0 Å². The quantitative estimate of drug-likeness (QED) is 0.165. The van der Waals surface area contributed by atoms with Gasteiger partial charge in [-0.3, -0.25) is 0 Å². The second-order valence-electron chi connectivity index (χ2n) is 17.6. The fraction of sp³-hybridized carbons (Fsp3) is 0.0323. The molecular weight excluding hydrogens is 775 g/mol. The number of rotatable bonds is 4. The molecule has 0 bridgehead atoms. The van der Waals surface area contributed by atoms with Crippen molar-refractivity contribution < 1.29 is 4.42 Å². The van der Waals surface area contributed by atoms with E-state index in [1.165, 1.54) is 82.4 Å². The molecule has 1 heterocycles. The van der Waals surface area contributed by atoms with Gasteiger partial charge in [0.25, 0.3) is 0 Å². The number of hydrogen-bond acceptors (Lipinski definition) is 2. The Kier molecular flexibility index (Phi) is 7.28. The van der Waals surface area contributed by atoms with Crippen LogP contribution in [-0.4, -0.2) is 0 Å². The lowest BCUT2D eigenvalue weighted by molar-refractivity contribution is 0.670. The summed E-state index contributed by atoms with van der Waals surface area (Å²) >= 11 is 0. The molecule has 298 valence electrons. The van der Waals surface area contributed by atoms with Crippen LogP contribution in [0.25, 0.3) is 87.6 Å². The lowest BCUT2D eigenvalue weighted by atomic mass is 9.70. The number of hydrogen-bond donors (Lipinski definition) is 0. The predicted octanol–water partition coefficient (Wildman–Crippen LogP) is 16.8. The van der Waals surface area contributed by atoms with Crippen molar-refractivity contribution in [1.29, 1.82) is 0 Å². The Hall–Kier alpha value is -8.20. The Morgan fingerprint density at radius 1 is 0.312 bits per heavy atom. The maximum Gasteiger partial charge on any atom is 0.143 e. The molecule has 0 radical (unpaired) electrons. The van der Waals surface area contributed by atoms with Gasteiger partial charge in [0.2, 0.25) is 0 Å². The van der Waals surface area contributed by atoms with Crippen LogP contribution in [0.15, 0.2) is 223 Å². The SMILES string of the molecule is Cc1cc(N(c2ccc3c(c2)C2(c4ccccc4-c4ccccc42)c2ccccc2-3)c2ccc3c4ccccc4c4ccccc4c3c2)ccc1-c1cccc2c1oc1ccccc12. The highest BCUT2D eigenvalue weighted by molar-refractivity contribution is 6.26. The van der Waals surface area contributed by atoms with E-state index in [9.17, 15) is 0 Å². The maximum atomic E-state index is 6.57. The van der Waals surface area contributed by atoms with E-state index in [1.807, 2.05) is 6.07 Å². The molecule has 0 fully saturated rings. The van der Waals surface area contributed by atoms with Crippen LogP contribution >= 0.6 is 0 Å². The van der Waals surface area contributed by atoms with Gasteiger partial charge in [-0.2, -0.15) is 0 Å². The molecule has 14 rings (SSSR count). The minimum atomic E-state index is -0.454. The van der Waals surface area contributed by atoms with E-state index in [0.717, 1.165) is 50.1 Å². The van der Waals surface area contributed by atoms with Gasteiger partial charge < -0.3 is 9.32 Å². The van der Waals surface area contributed by atoms with Crippen molar-refractivity contribution in [2.75, 3.05) is 4.90 Å². The summed E-state index contributed by atoms with van der Waals surface area (Å²) in [6.45, 7) is 2.24. The fourth-order valence-corrected chi connectivity index (χ4v) is 11.8. The third-order valence-electron chi connectivity index (χ3n) is 14.4. The van der Waals surface area contributed by atoms with Crippen molar-refractivity contribution in [3.8, 4) is 33.4 Å². The lowest BCUT2D eigenvalue weighted by Gasteiger charge is -2.32. The smallest absolute Gasteiger partial charge is 0.143 e. The van der Waals surface area contributed by atoms with Crippen molar-refractivity contribution in [3.63, 3.8) is 0 Å². The Morgan fingerprint density at radius 3 is 1.38 bits per heavy atom. The van der Waals surface area contributed by atoms with Crippen molar-refractivity contribution in [2.24, 2.45) is 0 Å². The minimum Gasteiger partial charge on any atom is -0.455 e. The summed E-state index contributed by atoms with van der Waals surface area (Å²) in [4.78, 5) is 2.48. The molecule has 2 nitrogen and oxygen atoms in total. The molecular formula is C62H39NO. The summed E-state index contributed by atoms with van der Waals surface area (Å²) in [5.41, 5.74) is 18.7. The zero-order valence-corrected chi connectivity index (χ0v) is 35.1. The monoisotopic (exact) mass is 813 g/mol. The molecule has 64 heavy (non-hydrogen) atoms. The molecule has 2 aliphatic rings. The van der Waals surface area contributed by atoms with E-state index >= 15 is 0 Å². The van der Waals surface area contributed by atoms with Gasteiger partial charge in [0.05, 0.1) is 5.41 Å². The Bertz CT molecular complexity index is 3850. The molecule has 11 aromatic carbocycles. The first-order valence-electron chi connectivity index (χ1n) is 22.3. The van der Waals surface area contributed by atoms with Crippen LogP contribution in [0, 0.1) is 6.92 Å². The molecule has 0 saturated heterocycles. The summed E-state index contributed by atoms with van der Waals surface area (Å²) < 4.78 is 6.57. The highest BCUT2D eigenvalue weighted by Gasteiger charge is 2.51. The van der Waals surface area contributed by atoms with Gasteiger partial charge in [0.15, 0.2) is 0 Å². The first-order valence-corrected chi connectivity index (χ1v) is 22.3. The second-order valence-corrected chi connectivity index (χ2v) is 17.6. The van der Waals surface area contributed by atoms with E-state index in [1.54, 1.807) is 0 Å². The molecule has 1 spiro atoms. The fourth-order valence-electron chi connectivity index (χ4n) is 11.8. The number of benzene rings is 11. The predicted molar refractivity (Wildman–Crippen MR) is 267 cm³/mol. The van der Waals surface area contributed by atoms with Crippen LogP contribution in [0.1, 0.15) is 27.8 Å². The van der Waals surface area contributed by atoms with Crippen molar-refractivity contribution in [3.05, 3.63) is 246 Å². The van der Waals surface area contributed by atoms with E-state index in [4.69, 9.17) is 4.42 Å². The van der Waals surface area contributed by atoms with E-state index < -0.39 is 5.41 Å². The average molecular weight is 814 g/mol. The van der Waals surface area contributed by atoms with Crippen LogP contribution in [0.5, 0.6) is 0 Å². The minimum absolute atomic E-state index is 0.454. The number of aryl methyl sites for hydroxylation is 1. The number of furan rings is 1.